The fourth-order valence-corrected chi connectivity index (χ4v) is 3.55. The Morgan fingerprint density at radius 3 is 2.65 bits per heavy atom. The minimum absolute atomic E-state index is 0.234. The van der Waals surface area contributed by atoms with Crippen molar-refractivity contribution < 1.29 is 21.6 Å². The van der Waals surface area contributed by atoms with Gasteiger partial charge in [0.2, 0.25) is 10.0 Å². The van der Waals surface area contributed by atoms with Crippen LogP contribution in [0.5, 0.6) is 0 Å². The minimum Gasteiger partial charge on any atom is -0.385 e. The Hall–Kier alpha value is -1.32. The number of hydrogen-bond donors (Lipinski definition) is 2. The van der Waals surface area contributed by atoms with Crippen LogP contribution in [0.3, 0.4) is 0 Å². The Morgan fingerprint density at radius 2 is 2.09 bits per heavy atom. The van der Waals surface area contributed by atoms with Gasteiger partial charge in [-0.3, -0.25) is 0 Å². The Kier molecular flexibility index (Phi) is 5.22. The summed E-state index contributed by atoms with van der Waals surface area (Å²) in [6.45, 7) is 2.45. The van der Waals surface area contributed by atoms with Crippen LogP contribution in [0.25, 0.3) is 0 Å². The summed E-state index contributed by atoms with van der Waals surface area (Å²) in [5.74, 6) is 0.348. The number of alkyl halides is 3. The first-order chi connectivity index (χ1) is 10.6. The lowest BCUT2D eigenvalue weighted by atomic mass is 9.98. The summed E-state index contributed by atoms with van der Waals surface area (Å²) in [4.78, 5) is 1.27. The van der Waals surface area contributed by atoms with Crippen molar-refractivity contribution in [2.75, 3.05) is 32.0 Å². The molecule has 1 aliphatic heterocycles. The molecule has 9 heteroatoms. The van der Waals surface area contributed by atoms with Gasteiger partial charge < -0.3 is 10.2 Å². The highest BCUT2D eigenvalue weighted by molar-refractivity contribution is 7.89. The number of nitrogens with two attached hydrogens (primary N) is 1. The predicted molar refractivity (Wildman–Crippen MR) is 81.5 cm³/mol. The second-order valence-electron chi connectivity index (χ2n) is 5.91. The molecular weight excluding hydrogens is 331 g/mol. The first-order valence-electron chi connectivity index (χ1n) is 7.24. The molecule has 0 radical (unpaired) electrons. The van der Waals surface area contributed by atoms with Gasteiger partial charge in [0.15, 0.2) is 0 Å². The van der Waals surface area contributed by atoms with Crippen LogP contribution in [-0.4, -0.2) is 40.0 Å². The molecule has 0 saturated carbocycles. The molecule has 0 bridgehead atoms. The first kappa shape index (κ1) is 18.0. The molecule has 5 nitrogen and oxygen atoms in total. The molecule has 1 atom stereocenters. The fraction of sp³-hybridized carbons (Fsp3) is 0.571. The predicted octanol–water partition coefficient (Wildman–Crippen LogP) is 2.11. The molecule has 0 spiro atoms. The number of piperidine rings is 1. The van der Waals surface area contributed by atoms with Gasteiger partial charge in [-0.15, -0.1) is 0 Å². The molecule has 130 valence electrons. The number of nitrogens with one attached hydrogen (secondary N) is 1. The van der Waals surface area contributed by atoms with Crippen LogP contribution in [0.1, 0.15) is 18.4 Å². The topological polar surface area (TPSA) is 75.4 Å². The molecule has 1 aromatic carbocycles. The summed E-state index contributed by atoms with van der Waals surface area (Å²) < 4.78 is 61.8. The molecule has 2 rings (SSSR count). The van der Waals surface area contributed by atoms with E-state index in [4.69, 9.17) is 5.14 Å². The van der Waals surface area contributed by atoms with Crippen LogP contribution in [0, 0.1) is 5.92 Å². The first-order valence-corrected chi connectivity index (χ1v) is 8.78. The number of likely N-dealkylation sites (tertiary alicyclic amines) is 1. The van der Waals surface area contributed by atoms with Gasteiger partial charge in [-0.2, -0.15) is 13.2 Å². The molecule has 1 saturated heterocycles. The van der Waals surface area contributed by atoms with E-state index in [1.807, 2.05) is 7.05 Å². The second kappa shape index (κ2) is 6.66. The van der Waals surface area contributed by atoms with E-state index in [1.165, 1.54) is 6.07 Å². The van der Waals surface area contributed by atoms with Crippen molar-refractivity contribution in [3.63, 3.8) is 0 Å². The highest BCUT2D eigenvalue weighted by Gasteiger charge is 2.36. The van der Waals surface area contributed by atoms with Crippen molar-refractivity contribution in [1.82, 2.24) is 4.90 Å². The van der Waals surface area contributed by atoms with Gasteiger partial charge in [0, 0.05) is 18.8 Å². The SMILES string of the molecule is CN1CCCC(CNc2ccc(S(N)(=O)=O)c(C(F)(F)F)c2)C1. The third kappa shape index (κ3) is 4.82. The van der Waals surface area contributed by atoms with Crippen LogP contribution in [0.2, 0.25) is 0 Å². The maximum Gasteiger partial charge on any atom is 0.417 e. The fourth-order valence-electron chi connectivity index (χ4n) is 2.81. The number of hydrogen-bond acceptors (Lipinski definition) is 4. The van der Waals surface area contributed by atoms with Crippen molar-refractivity contribution in [3.05, 3.63) is 23.8 Å². The number of nitrogens with zero attached hydrogens (tertiary/aromatic N) is 1. The molecule has 0 aromatic heterocycles. The van der Waals surface area contributed by atoms with Gasteiger partial charge in [0.25, 0.3) is 0 Å². The van der Waals surface area contributed by atoms with Crippen LogP contribution in [0.4, 0.5) is 18.9 Å². The van der Waals surface area contributed by atoms with Gasteiger partial charge in [0.1, 0.15) is 0 Å². The lowest BCUT2D eigenvalue weighted by Crippen LogP contribution is -2.35. The molecule has 1 unspecified atom stereocenters. The molecule has 1 aromatic rings. The van der Waals surface area contributed by atoms with E-state index in [0.29, 0.717) is 12.5 Å². The van der Waals surface area contributed by atoms with E-state index in [1.54, 1.807) is 0 Å². The van der Waals surface area contributed by atoms with E-state index in [2.05, 4.69) is 10.2 Å². The maximum atomic E-state index is 13.1. The number of anilines is 1. The number of halogens is 3. The summed E-state index contributed by atoms with van der Waals surface area (Å²) in [5, 5.41) is 7.82. The number of rotatable bonds is 4. The number of primary sulfonamides is 1. The van der Waals surface area contributed by atoms with Crippen LogP contribution in [0.15, 0.2) is 23.1 Å². The van der Waals surface area contributed by atoms with Crippen molar-refractivity contribution in [3.8, 4) is 0 Å². The van der Waals surface area contributed by atoms with Gasteiger partial charge in [-0.25, -0.2) is 13.6 Å². The summed E-state index contributed by atoms with van der Waals surface area (Å²) in [7, 11) is -2.42. The van der Waals surface area contributed by atoms with E-state index >= 15 is 0 Å². The van der Waals surface area contributed by atoms with Crippen LogP contribution >= 0.6 is 0 Å². The van der Waals surface area contributed by atoms with E-state index < -0.39 is 26.7 Å². The van der Waals surface area contributed by atoms with Crippen molar-refractivity contribution in [2.45, 2.75) is 23.9 Å². The zero-order chi connectivity index (χ0) is 17.3. The normalized spacial score (nSPS) is 20.5. The Balaban J connectivity index is 2.17. The summed E-state index contributed by atoms with van der Waals surface area (Å²) >= 11 is 0. The smallest absolute Gasteiger partial charge is 0.385 e. The summed E-state index contributed by atoms with van der Waals surface area (Å²) in [5.41, 5.74) is -1.01. The molecule has 0 aliphatic carbocycles. The summed E-state index contributed by atoms with van der Waals surface area (Å²) in [6, 6.07) is 3.00. The van der Waals surface area contributed by atoms with Gasteiger partial charge in [-0.05, 0) is 50.6 Å². The van der Waals surface area contributed by atoms with E-state index in [9.17, 15) is 21.6 Å². The molecule has 1 fully saturated rings. The second-order valence-corrected chi connectivity index (χ2v) is 7.43. The number of sulfonamides is 1. The van der Waals surface area contributed by atoms with E-state index in [-0.39, 0.29) is 5.69 Å². The third-order valence-electron chi connectivity index (χ3n) is 3.91. The van der Waals surface area contributed by atoms with Crippen molar-refractivity contribution in [1.29, 1.82) is 0 Å². The molecular formula is C14H20F3N3O2S. The lowest BCUT2D eigenvalue weighted by molar-refractivity contribution is -0.139. The minimum atomic E-state index is -4.79. The molecule has 0 amide bonds. The highest BCUT2D eigenvalue weighted by Crippen LogP contribution is 2.35. The standard InChI is InChI=1S/C14H20F3N3O2S/c1-20-6-2-3-10(9-20)8-19-11-4-5-13(23(18,21)22)12(7-11)14(15,16)17/h4-5,7,10,19H,2-3,6,8-9H2,1H3,(H2,18,21,22). The lowest BCUT2D eigenvalue weighted by Gasteiger charge is -2.30. The van der Waals surface area contributed by atoms with Crippen molar-refractivity contribution in [2.24, 2.45) is 11.1 Å². The van der Waals surface area contributed by atoms with E-state index in [0.717, 1.165) is 38.1 Å². The zero-order valence-electron chi connectivity index (χ0n) is 12.7. The van der Waals surface area contributed by atoms with Gasteiger partial charge in [-0.1, -0.05) is 0 Å². The quantitative estimate of drug-likeness (QED) is 0.871. The third-order valence-corrected chi connectivity index (χ3v) is 4.88. The molecule has 1 heterocycles. The van der Waals surface area contributed by atoms with Crippen LogP contribution in [-0.2, 0) is 16.2 Å². The Labute approximate surface area is 133 Å². The largest absolute Gasteiger partial charge is 0.417 e. The molecule has 23 heavy (non-hydrogen) atoms. The molecule has 3 N–H and O–H groups in total. The maximum absolute atomic E-state index is 13.1. The average Bonchev–Trinajstić information content (AvgIpc) is 2.43. The Bertz CT molecular complexity index is 662. The Morgan fingerprint density at radius 1 is 1.39 bits per heavy atom. The van der Waals surface area contributed by atoms with Crippen molar-refractivity contribution >= 4 is 15.7 Å². The van der Waals surface area contributed by atoms with Gasteiger partial charge in [0.05, 0.1) is 10.5 Å². The van der Waals surface area contributed by atoms with Gasteiger partial charge >= 0.3 is 6.18 Å². The highest BCUT2D eigenvalue weighted by atomic mass is 32.2. The zero-order valence-corrected chi connectivity index (χ0v) is 13.5. The monoisotopic (exact) mass is 351 g/mol. The number of benzene rings is 1. The average molecular weight is 351 g/mol. The molecule has 1 aliphatic rings. The van der Waals surface area contributed by atoms with Crippen LogP contribution < -0.4 is 10.5 Å². The summed E-state index contributed by atoms with van der Waals surface area (Å²) in [6.07, 6.45) is -2.72.